The summed E-state index contributed by atoms with van der Waals surface area (Å²) >= 11 is 0. The smallest absolute Gasteiger partial charge is 0.346 e. The highest BCUT2D eigenvalue weighted by Gasteiger charge is 2.65. The molecule has 0 amide bonds. The van der Waals surface area contributed by atoms with Gasteiger partial charge in [-0.15, -0.1) is 0 Å². The fourth-order valence-electron chi connectivity index (χ4n) is 2.97. The summed E-state index contributed by atoms with van der Waals surface area (Å²) in [4.78, 5) is 24.8. The van der Waals surface area contributed by atoms with Gasteiger partial charge in [0.05, 0.1) is 18.4 Å². The molecule has 0 saturated heterocycles. The lowest BCUT2D eigenvalue weighted by Gasteiger charge is -2.42. The van der Waals surface area contributed by atoms with Gasteiger partial charge in [-0.2, -0.15) is 8.78 Å². The molecular formula is C19H14F4O3. The van der Waals surface area contributed by atoms with Crippen LogP contribution >= 0.6 is 0 Å². The highest BCUT2D eigenvalue weighted by Crippen LogP contribution is 2.47. The number of alkyl halides is 4. The summed E-state index contributed by atoms with van der Waals surface area (Å²) < 4.78 is 60.4. The maximum Gasteiger partial charge on any atom is 0.346 e. The summed E-state index contributed by atoms with van der Waals surface area (Å²) in [5.74, 6) is -6.50. The number of hydrogen-bond acceptors (Lipinski definition) is 3. The Morgan fingerprint density at radius 1 is 1.08 bits per heavy atom. The van der Waals surface area contributed by atoms with Crippen molar-refractivity contribution in [3.63, 3.8) is 0 Å². The molecule has 0 spiro atoms. The molecule has 3 rings (SSSR count). The number of ketones is 2. The van der Waals surface area contributed by atoms with E-state index in [-0.39, 0.29) is 16.9 Å². The van der Waals surface area contributed by atoms with Crippen LogP contribution in [0.15, 0.2) is 54.6 Å². The molecule has 136 valence electrons. The van der Waals surface area contributed by atoms with Crippen molar-refractivity contribution in [2.45, 2.75) is 30.8 Å². The summed E-state index contributed by atoms with van der Waals surface area (Å²) in [5, 5.41) is 0. The molecule has 2 aromatic rings. The Morgan fingerprint density at radius 2 is 1.69 bits per heavy atom. The van der Waals surface area contributed by atoms with E-state index in [1.807, 2.05) is 0 Å². The van der Waals surface area contributed by atoms with Crippen LogP contribution in [0, 0.1) is 0 Å². The topological polar surface area (TPSA) is 43.4 Å². The highest BCUT2D eigenvalue weighted by atomic mass is 19.3. The van der Waals surface area contributed by atoms with E-state index in [4.69, 9.17) is 4.74 Å². The maximum absolute atomic E-state index is 14.5. The quantitative estimate of drug-likeness (QED) is 0.575. The van der Waals surface area contributed by atoms with Gasteiger partial charge in [-0.25, -0.2) is 8.78 Å². The molecule has 0 bridgehead atoms. The molecule has 1 unspecified atom stereocenters. The van der Waals surface area contributed by atoms with Crippen molar-refractivity contribution < 1.29 is 31.9 Å². The molecule has 0 fully saturated rings. The third kappa shape index (κ3) is 2.98. The third-order valence-corrected chi connectivity index (χ3v) is 4.36. The van der Waals surface area contributed by atoms with Crippen LogP contribution in [0.3, 0.4) is 0 Å². The Kier molecular flexibility index (Phi) is 4.56. The fourth-order valence-corrected chi connectivity index (χ4v) is 2.97. The van der Waals surface area contributed by atoms with Crippen molar-refractivity contribution in [1.29, 1.82) is 0 Å². The fraction of sp³-hybridized carbons (Fsp3) is 0.263. The molecule has 26 heavy (non-hydrogen) atoms. The van der Waals surface area contributed by atoms with Gasteiger partial charge in [0.25, 0.3) is 0 Å². The summed E-state index contributed by atoms with van der Waals surface area (Å²) in [7, 11) is 0. The van der Waals surface area contributed by atoms with Crippen molar-refractivity contribution >= 4 is 11.6 Å². The molecule has 0 N–H and O–H groups in total. The van der Waals surface area contributed by atoms with E-state index in [1.165, 1.54) is 48.5 Å². The summed E-state index contributed by atoms with van der Waals surface area (Å²) in [6, 6.07) is 13.0. The van der Waals surface area contributed by atoms with Crippen LogP contribution in [0.4, 0.5) is 17.6 Å². The number of benzene rings is 2. The van der Waals surface area contributed by atoms with E-state index < -0.39 is 42.4 Å². The van der Waals surface area contributed by atoms with Crippen molar-refractivity contribution in [2.24, 2.45) is 0 Å². The van der Waals surface area contributed by atoms with Crippen molar-refractivity contribution in [3.05, 3.63) is 65.7 Å². The van der Waals surface area contributed by atoms with E-state index in [0.717, 1.165) is 0 Å². The second kappa shape index (κ2) is 6.55. The zero-order valence-electron chi connectivity index (χ0n) is 13.4. The number of para-hydroxylation sites is 1. The second-order valence-corrected chi connectivity index (χ2v) is 6.08. The Hall–Kier alpha value is -2.70. The summed E-state index contributed by atoms with van der Waals surface area (Å²) in [5.41, 5.74) is -2.84. The van der Waals surface area contributed by atoms with Crippen LogP contribution < -0.4 is 4.74 Å². The first-order valence-corrected chi connectivity index (χ1v) is 7.82. The molecule has 0 aliphatic carbocycles. The monoisotopic (exact) mass is 366 g/mol. The number of hydrogen-bond donors (Lipinski definition) is 0. The SMILES string of the molecule is O=C(CC1(C(F)(F)C(F)F)CC(=O)c2ccccc2O1)c1ccccc1. The van der Waals surface area contributed by atoms with Gasteiger partial charge in [-0.05, 0) is 12.1 Å². The molecule has 3 nitrogen and oxygen atoms in total. The Bertz CT molecular complexity index is 836. The molecule has 1 heterocycles. The van der Waals surface area contributed by atoms with Crippen LogP contribution in [-0.4, -0.2) is 29.5 Å². The van der Waals surface area contributed by atoms with Crippen LogP contribution in [0.25, 0.3) is 0 Å². The van der Waals surface area contributed by atoms with Gasteiger partial charge in [0.1, 0.15) is 5.75 Å². The van der Waals surface area contributed by atoms with Crippen molar-refractivity contribution in [3.8, 4) is 5.75 Å². The molecule has 7 heteroatoms. The standard InChI is InChI=1S/C19H14F4O3/c20-17(21)19(22,23)18(10-14(24)12-6-2-1-3-7-12)11-15(25)13-8-4-5-9-16(13)26-18/h1-9,17H,10-11H2. The molecule has 0 aromatic heterocycles. The van der Waals surface area contributed by atoms with Gasteiger partial charge in [-0.1, -0.05) is 42.5 Å². The minimum Gasteiger partial charge on any atom is -0.479 e. The maximum atomic E-state index is 14.5. The lowest BCUT2D eigenvalue weighted by Crippen LogP contribution is -2.60. The van der Waals surface area contributed by atoms with Gasteiger partial charge in [0, 0.05) is 5.56 Å². The molecule has 1 aliphatic heterocycles. The normalized spacial score (nSPS) is 19.8. The molecule has 0 saturated carbocycles. The predicted molar refractivity (Wildman–Crippen MR) is 85.1 cm³/mol. The number of carbonyl (C=O) groups is 2. The zero-order valence-corrected chi connectivity index (χ0v) is 13.4. The average Bonchev–Trinajstić information content (AvgIpc) is 2.62. The molecular weight excluding hydrogens is 352 g/mol. The molecule has 1 atom stereocenters. The van der Waals surface area contributed by atoms with Gasteiger partial charge >= 0.3 is 12.3 Å². The number of fused-ring (bicyclic) bond motifs is 1. The van der Waals surface area contributed by atoms with E-state index in [1.54, 1.807) is 6.07 Å². The van der Waals surface area contributed by atoms with E-state index in [2.05, 4.69) is 0 Å². The number of ether oxygens (including phenoxy) is 1. The number of Topliss-reactive ketones (excluding diaryl/α,β-unsaturated/α-hetero) is 2. The summed E-state index contributed by atoms with van der Waals surface area (Å²) in [6.07, 6.45) is -6.15. The minimum atomic E-state index is -4.69. The lowest BCUT2D eigenvalue weighted by atomic mass is 9.80. The molecule has 0 radical (unpaired) electrons. The van der Waals surface area contributed by atoms with E-state index >= 15 is 0 Å². The van der Waals surface area contributed by atoms with Crippen LogP contribution in [0.5, 0.6) is 5.75 Å². The largest absolute Gasteiger partial charge is 0.479 e. The Morgan fingerprint density at radius 3 is 2.35 bits per heavy atom. The summed E-state index contributed by atoms with van der Waals surface area (Å²) in [6.45, 7) is 0. The van der Waals surface area contributed by atoms with Crippen LogP contribution in [0.2, 0.25) is 0 Å². The van der Waals surface area contributed by atoms with Gasteiger partial charge in [-0.3, -0.25) is 9.59 Å². The number of halogens is 4. The Balaban J connectivity index is 2.05. The van der Waals surface area contributed by atoms with Gasteiger partial charge in [0.15, 0.2) is 17.2 Å². The molecule has 1 aliphatic rings. The second-order valence-electron chi connectivity index (χ2n) is 6.08. The third-order valence-electron chi connectivity index (χ3n) is 4.36. The Labute approximate surface area is 146 Å². The van der Waals surface area contributed by atoms with E-state index in [9.17, 15) is 27.2 Å². The first-order chi connectivity index (χ1) is 12.3. The van der Waals surface area contributed by atoms with Crippen molar-refractivity contribution in [2.75, 3.05) is 0 Å². The number of rotatable bonds is 5. The number of carbonyl (C=O) groups excluding carboxylic acids is 2. The molecule has 2 aromatic carbocycles. The minimum absolute atomic E-state index is 0.0281. The van der Waals surface area contributed by atoms with Gasteiger partial charge in [0.2, 0.25) is 0 Å². The zero-order chi connectivity index (χ0) is 18.9. The lowest BCUT2D eigenvalue weighted by molar-refractivity contribution is -0.230. The first-order valence-electron chi connectivity index (χ1n) is 7.82. The first kappa shape index (κ1) is 18.1. The van der Waals surface area contributed by atoms with E-state index in [0.29, 0.717) is 0 Å². The van der Waals surface area contributed by atoms with Crippen LogP contribution in [-0.2, 0) is 0 Å². The van der Waals surface area contributed by atoms with Gasteiger partial charge < -0.3 is 4.74 Å². The highest BCUT2D eigenvalue weighted by molar-refractivity contribution is 6.02. The average molecular weight is 366 g/mol. The van der Waals surface area contributed by atoms with Crippen molar-refractivity contribution in [1.82, 2.24) is 0 Å². The van der Waals surface area contributed by atoms with Crippen LogP contribution in [0.1, 0.15) is 33.6 Å². The predicted octanol–water partition coefficient (Wildman–Crippen LogP) is 4.56.